The summed E-state index contributed by atoms with van der Waals surface area (Å²) in [5.41, 5.74) is 0. The summed E-state index contributed by atoms with van der Waals surface area (Å²) in [4.78, 5) is 15.2. The van der Waals surface area contributed by atoms with E-state index in [2.05, 4.69) is 25.3 Å². The van der Waals surface area contributed by atoms with Gasteiger partial charge in [-0.15, -0.1) is 0 Å². The number of nitrogens with one attached hydrogen (secondary N) is 2. The maximum absolute atomic E-state index is 11.3. The monoisotopic (exact) mass is 226 g/mol. The molecule has 2 N–H and O–H groups in total. The van der Waals surface area contributed by atoms with E-state index in [0.717, 1.165) is 0 Å². The molecule has 0 fully saturated rings. The standard InChI is InChI=1S/C10H18N4O2/c1-8(2)11-6-4-10(15)12-5-3-9-13-7-16-14-9/h7-8,11H,3-6H2,1-2H3,(H,12,15). The van der Waals surface area contributed by atoms with E-state index in [1.165, 1.54) is 6.39 Å². The second kappa shape index (κ2) is 6.95. The Kier molecular flexibility index (Phi) is 5.49. The van der Waals surface area contributed by atoms with Crippen molar-refractivity contribution < 1.29 is 9.32 Å². The van der Waals surface area contributed by atoms with Crippen LogP contribution in [-0.4, -0.2) is 35.2 Å². The normalized spacial score (nSPS) is 10.7. The number of hydrogen-bond donors (Lipinski definition) is 2. The van der Waals surface area contributed by atoms with Crippen molar-refractivity contribution in [1.29, 1.82) is 0 Å². The highest BCUT2D eigenvalue weighted by Crippen LogP contribution is 1.88. The van der Waals surface area contributed by atoms with Gasteiger partial charge in [0, 0.05) is 32.0 Å². The van der Waals surface area contributed by atoms with E-state index in [1.54, 1.807) is 0 Å². The third-order valence-corrected chi connectivity index (χ3v) is 1.98. The first kappa shape index (κ1) is 12.6. The summed E-state index contributed by atoms with van der Waals surface area (Å²) in [7, 11) is 0. The number of aromatic nitrogens is 2. The van der Waals surface area contributed by atoms with Crippen molar-refractivity contribution >= 4 is 5.91 Å². The lowest BCUT2D eigenvalue weighted by Crippen LogP contribution is -2.31. The topological polar surface area (TPSA) is 80.0 Å². The zero-order valence-corrected chi connectivity index (χ0v) is 9.69. The molecule has 1 rings (SSSR count). The molecule has 0 radical (unpaired) electrons. The second-order valence-corrected chi connectivity index (χ2v) is 3.81. The Bertz CT molecular complexity index is 298. The molecule has 0 saturated carbocycles. The zero-order chi connectivity index (χ0) is 11.8. The van der Waals surface area contributed by atoms with E-state index in [9.17, 15) is 4.79 Å². The molecule has 6 nitrogen and oxygen atoms in total. The van der Waals surface area contributed by atoms with Crippen LogP contribution < -0.4 is 10.6 Å². The van der Waals surface area contributed by atoms with Crippen molar-refractivity contribution in [3.05, 3.63) is 12.2 Å². The number of amides is 1. The lowest BCUT2D eigenvalue weighted by Gasteiger charge is -2.07. The highest BCUT2D eigenvalue weighted by Gasteiger charge is 2.02. The molecule has 0 saturated heterocycles. The van der Waals surface area contributed by atoms with Gasteiger partial charge in [0.25, 0.3) is 0 Å². The first-order valence-corrected chi connectivity index (χ1v) is 5.44. The van der Waals surface area contributed by atoms with Crippen LogP contribution in [0.1, 0.15) is 26.1 Å². The van der Waals surface area contributed by atoms with Crippen molar-refractivity contribution in [2.75, 3.05) is 13.1 Å². The van der Waals surface area contributed by atoms with Crippen molar-refractivity contribution in [3.8, 4) is 0 Å². The predicted molar refractivity (Wildman–Crippen MR) is 58.8 cm³/mol. The molecule has 0 spiro atoms. The quantitative estimate of drug-likeness (QED) is 0.690. The molecule has 6 heteroatoms. The minimum atomic E-state index is 0.0386. The first-order valence-electron chi connectivity index (χ1n) is 5.44. The van der Waals surface area contributed by atoms with Crippen molar-refractivity contribution in [2.24, 2.45) is 0 Å². The van der Waals surface area contributed by atoms with Crippen LogP contribution in [0.5, 0.6) is 0 Å². The molecular weight excluding hydrogens is 208 g/mol. The minimum Gasteiger partial charge on any atom is -0.356 e. The van der Waals surface area contributed by atoms with Crippen LogP contribution in [0.3, 0.4) is 0 Å². The predicted octanol–water partition coefficient (Wildman–Crippen LogP) is 0.116. The Morgan fingerprint density at radius 1 is 1.50 bits per heavy atom. The molecule has 0 bridgehead atoms. The first-order chi connectivity index (χ1) is 7.68. The molecule has 1 aromatic rings. The van der Waals surface area contributed by atoms with Crippen LogP contribution in [-0.2, 0) is 11.2 Å². The number of hydrogen-bond acceptors (Lipinski definition) is 5. The van der Waals surface area contributed by atoms with Gasteiger partial charge in [0.2, 0.25) is 12.3 Å². The molecule has 1 aromatic heterocycles. The minimum absolute atomic E-state index is 0.0386. The average molecular weight is 226 g/mol. The summed E-state index contributed by atoms with van der Waals surface area (Å²) in [5.74, 6) is 0.650. The summed E-state index contributed by atoms with van der Waals surface area (Å²) >= 11 is 0. The molecule has 90 valence electrons. The van der Waals surface area contributed by atoms with E-state index >= 15 is 0 Å². The number of nitrogens with zero attached hydrogens (tertiary/aromatic N) is 2. The molecule has 1 amide bonds. The van der Waals surface area contributed by atoms with Crippen LogP contribution in [0, 0.1) is 0 Å². The van der Waals surface area contributed by atoms with Gasteiger partial charge in [-0.3, -0.25) is 4.79 Å². The van der Waals surface area contributed by atoms with Gasteiger partial charge in [0.1, 0.15) is 0 Å². The van der Waals surface area contributed by atoms with Crippen LogP contribution in [0.25, 0.3) is 0 Å². The van der Waals surface area contributed by atoms with E-state index in [1.807, 2.05) is 13.8 Å². The van der Waals surface area contributed by atoms with Gasteiger partial charge in [0.05, 0.1) is 0 Å². The Hall–Kier alpha value is -1.43. The SMILES string of the molecule is CC(C)NCCC(=O)NCCc1ncon1. The number of rotatable bonds is 7. The van der Waals surface area contributed by atoms with Gasteiger partial charge >= 0.3 is 0 Å². The van der Waals surface area contributed by atoms with Crippen molar-refractivity contribution in [3.63, 3.8) is 0 Å². The van der Waals surface area contributed by atoms with E-state index in [0.29, 0.717) is 37.8 Å². The van der Waals surface area contributed by atoms with Crippen molar-refractivity contribution in [1.82, 2.24) is 20.8 Å². The molecule has 0 aromatic carbocycles. The number of carbonyl (C=O) groups is 1. The fourth-order valence-electron chi connectivity index (χ4n) is 1.18. The van der Waals surface area contributed by atoms with Gasteiger partial charge in [-0.2, -0.15) is 4.98 Å². The fraction of sp³-hybridized carbons (Fsp3) is 0.700. The average Bonchev–Trinajstić information content (AvgIpc) is 2.70. The van der Waals surface area contributed by atoms with Crippen LogP contribution in [0.2, 0.25) is 0 Å². The van der Waals surface area contributed by atoms with Gasteiger partial charge < -0.3 is 15.2 Å². The lowest BCUT2D eigenvalue weighted by molar-refractivity contribution is -0.120. The summed E-state index contributed by atoms with van der Waals surface area (Å²) in [6.45, 7) is 5.34. The lowest BCUT2D eigenvalue weighted by atomic mass is 10.3. The molecular formula is C10H18N4O2. The smallest absolute Gasteiger partial charge is 0.221 e. The van der Waals surface area contributed by atoms with E-state index in [-0.39, 0.29) is 5.91 Å². The molecule has 16 heavy (non-hydrogen) atoms. The van der Waals surface area contributed by atoms with Gasteiger partial charge in [-0.1, -0.05) is 19.0 Å². The third-order valence-electron chi connectivity index (χ3n) is 1.98. The maximum Gasteiger partial charge on any atom is 0.221 e. The zero-order valence-electron chi connectivity index (χ0n) is 9.69. The van der Waals surface area contributed by atoms with Gasteiger partial charge in [0.15, 0.2) is 5.82 Å². The molecule has 0 aliphatic rings. The molecule has 1 heterocycles. The number of carbonyl (C=O) groups excluding carboxylic acids is 1. The Balaban J connectivity index is 2.02. The Morgan fingerprint density at radius 3 is 2.94 bits per heavy atom. The highest BCUT2D eigenvalue weighted by atomic mass is 16.5. The highest BCUT2D eigenvalue weighted by molar-refractivity contribution is 5.76. The van der Waals surface area contributed by atoms with Gasteiger partial charge in [-0.05, 0) is 0 Å². The molecule has 0 aliphatic carbocycles. The van der Waals surface area contributed by atoms with Crippen molar-refractivity contribution in [2.45, 2.75) is 32.7 Å². The van der Waals surface area contributed by atoms with Gasteiger partial charge in [-0.25, -0.2) is 0 Å². The maximum atomic E-state index is 11.3. The fourth-order valence-corrected chi connectivity index (χ4v) is 1.18. The summed E-state index contributed by atoms with van der Waals surface area (Å²) in [6.07, 6.45) is 2.37. The second-order valence-electron chi connectivity index (χ2n) is 3.81. The molecule has 0 atom stereocenters. The summed E-state index contributed by atoms with van der Waals surface area (Å²) < 4.78 is 4.58. The third kappa shape index (κ3) is 5.45. The van der Waals surface area contributed by atoms with Crippen LogP contribution in [0.4, 0.5) is 0 Å². The molecule has 0 unspecified atom stereocenters. The van der Waals surface area contributed by atoms with E-state index in [4.69, 9.17) is 0 Å². The summed E-state index contributed by atoms with van der Waals surface area (Å²) in [6, 6.07) is 0.409. The largest absolute Gasteiger partial charge is 0.356 e. The van der Waals surface area contributed by atoms with Crippen LogP contribution >= 0.6 is 0 Å². The Morgan fingerprint density at radius 2 is 2.31 bits per heavy atom. The van der Waals surface area contributed by atoms with Crippen LogP contribution in [0.15, 0.2) is 10.9 Å². The Labute approximate surface area is 94.8 Å². The van der Waals surface area contributed by atoms with E-state index < -0.39 is 0 Å². The molecule has 0 aliphatic heterocycles. The summed E-state index contributed by atoms with van der Waals surface area (Å²) in [5, 5.41) is 9.62.